The first-order chi connectivity index (χ1) is 18.8. The molecule has 3 heterocycles. The van der Waals surface area contributed by atoms with Gasteiger partial charge in [0.1, 0.15) is 73.1 Å². The molecule has 3 unspecified atom stereocenters. The maximum absolute atomic E-state index is 12.0. The van der Waals surface area contributed by atoms with Crippen LogP contribution in [0.3, 0.4) is 0 Å². The Morgan fingerprint density at radius 2 is 1.10 bits per heavy atom. The zero-order valence-electron chi connectivity index (χ0n) is 21.7. The number of nitrogens with one attached hydrogen (secondary N) is 2. The van der Waals surface area contributed by atoms with Gasteiger partial charge in [-0.1, -0.05) is 0 Å². The van der Waals surface area contributed by atoms with Gasteiger partial charge in [0, 0.05) is 13.8 Å². The Kier molecular flexibility index (Phi) is 11.5. The summed E-state index contributed by atoms with van der Waals surface area (Å²) < 4.78 is 27.6. The van der Waals surface area contributed by atoms with Crippen molar-refractivity contribution >= 4 is 11.8 Å². The molecule has 0 aliphatic carbocycles. The van der Waals surface area contributed by atoms with Crippen molar-refractivity contribution in [3.8, 4) is 0 Å². The molecule has 0 spiro atoms. The lowest BCUT2D eigenvalue weighted by Crippen LogP contribution is -2.70. The van der Waals surface area contributed by atoms with Gasteiger partial charge in [-0.05, 0) is 0 Å². The van der Waals surface area contributed by atoms with Crippen molar-refractivity contribution in [2.45, 2.75) is 106 Å². The molecule has 0 aromatic carbocycles. The number of aliphatic hydroxyl groups excluding tert-OH is 9. The summed E-state index contributed by atoms with van der Waals surface area (Å²) in [5.74, 6) is -1.32. The largest absolute Gasteiger partial charge is 0.394 e. The van der Waals surface area contributed by atoms with Crippen molar-refractivity contribution in [2.75, 3.05) is 19.8 Å². The predicted octanol–water partition coefficient (Wildman–Crippen LogP) is -7.29. The third kappa shape index (κ3) is 7.05. The van der Waals surface area contributed by atoms with Crippen LogP contribution in [0.4, 0.5) is 0 Å². The summed E-state index contributed by atoms with van der Waals surface area (Å²) in [6.45, 7) is -0.115. The highest BCUT2D eigenvalue weighted by Crippen LogP contribution is 2.32. The quantitative estimate of drug-likeness (QED) is 0.120. The van der Waals surface area contributed by atoms with Crippen molar-refractivity contribution in [1.82, 2.24) is 10.6 Å². The number of rotatable bonds is 9. The third-order valence-electron chi connectivity index (χ3n) is 6.90. The summed E-state index contributed by atoms with van der Waals surface area (Å²) in [7, 11) is 0. The summed E-state index contributed by atoms with van der Waals surface area (Å²) in [6, 6.07) is -2.89. The predicted molar refractivity (Wildman–Crippen MR) is 124 cm³/mol. The first-order valence-corrected chi connectivity index (χ1v) is 12.6. The lowest BCUT2D eigenvalue weighted by molar-refractivity contribution is -0.359. The highest BCUT2D eigenvalue weighted by Gasteiger charge is 2.54. The lowest BCUT2D eigenvalue weighted by Gasteiger charge is -2.49. The normalized spacial score (nSPS) is 46.0. The van der Waals surface area contributed by atoms with E-state index in [9.17, 15) is 55.5 Å². The van der Waals surface area contributed by atoms with Crippen LogP contribution in [-0.2, 0) is 33.3 Å². The molecule has 2 amide bonds. The molecule has 0 aromatic rings. The van der Waals surface area contributed by atoms with Gasteiger partial charge < -0.3 is 80.3 Å². The molecule has 3 saturated heterocycles. The van der Waals surface area contributed by atoms with E-state index in [2.05, 4.69) is 10.6 Å². The van der Waals surface area contributed by atoms with Crippen LogP contribution in [0, 0.1) is 0 Å². The fraction of sp³-hybridized carbons (Fsp3) is 0.909. The number of amides is 2. The molecule has 0 bridgehead atoms. The molecule has 232 valence electrons. The Morgan fingerprint density at radius 1 is 0.600 bits per heavy atom. The van der Waals surface area contributed by atoms with E-state index in [1.54, 1.807) is 0 Å². The smallest absolute Gasteiger partial charge is 0.217 e. The van der Waals surface area contributed by atoms with Gasteiger partial charge in [0.25, 0.3) is 0 Å². The van der Waals surface area contributed by atoms with Gasteiger partial charge in [0.05, 0.1) is 19.8 Å². The molecule has 18 nitrogen and oxygen atoms in total. The molecule has 40 heavy (non-hydrogen) atoms. The van der Waals surface area contributed by atoms with Crippen molar-refractivity contribution in [2.24, 2.45) is 0 Å². The van der Waals surface area contributed by atoms with E-state index in [0.29, 0.717) is 0 Å². The fourth-order valence-corrected chi connectivity index (χ4v) is 4.86. The number of hydrogen-bond donors (Lipinski definition) is 11. The van der Waals surface area contributed by atoms with Crippen LogP contribution in [-0.4, -0.2) is 170 Å². The van der Waals surface area contributed by atoms with Gasteiger partial charge in [0.2, 0.25) is 11.8 Å². The van der Waals surface area contributed by atoms with Crippen LogP contribution < -0.4 is 10.6 Å². The molecule has 0 radical (unpaired) electrons. The fourth-order valence-electron chi connectivity index (χ4n) is 4.86. The van der Waals surface area contributed by atoms with Crippen LogP contribution in [0.2, 0.25) is 0 Å². The molecule has 0 aromatic heterocycles. The van der Waals surface area contributed by atoms with Gasteiger partial charge in [-0.3, -0.25) is 9.59 Å². The van der Waals surface area contributed by atoms with E-state index < -0.39 is 124 Å². The number of aliphatic hydroxyl groups is 9. The molecule has 3 fully saturated rings. The summed E-state index contributed by atoms with van der Waals surface area (Å²) in [4.78, 5) is 23.7. The van der Waals surface area contributed by atoms with E-state index in [4.69, 9.17) is 23.7 Å². The first kappa shape index (κ1) is 32.9. The summed E-state index contributed by atoms with van der Waals surface area (Å²) in [5.41, 5.74) is 0. The topological polar surface area (TPSA) is 286 Å². The van der Waals surface area contributed by atoms with Gasteiger partial charge in [0.15, 0.2) is 18.9 Å². The first-order valence-electron chi connectivity index (χ1n) is 12.6. The Labute approximate surface area is 228 Å². The number of carbonyl (C=O) groups is 2. The monoisotopic (exact) mass is 586 g/mol. The Hall–Kier alpha value is -1.62. The zero-order valence-corrected chi connectivity index (χ0v) is 21.7. The second-order valence-corrected chi connectivity index (χ2v) is 9.81. The van der Waals surface area contributed by atoms with Crippen LogP contribution in [0.15, 0.2) is 0 Å². The second kappa shape index (κ2) is 14.0. The minimum Gasteiger partial charge on any atom is -0.394 e. The minimum atomic E-state index is -1.86. The van der Waals surface area contributed by atoms with Gasteiger partial charge in [-0.2, -0.15) is 0 Å². The van der Waals surface area contributed by atoms with E-state index in [1.807, 2.05) is 0 Å². The highest BCUT2D eigenvalue weighted by atomic mass is 16.7. The molecule has 0 saturated carbocycles. The van der Waals surface area contributed by atoms with Crippen LogP contribution in [0.1, 0.15) is 13.8 Å². The summed E-state index contributed by atoms with van der Waals surface area (Å²) in [5, 5.41) is 96.5. The summed E-state index contributed by atoms with van der Waals surface area (Å²) >= 11 is 0. The average molecular weight is 587 g/mol. The number of ether oxygens (including phenoxy) is 5. The van der Waals surface area contributed by atoms with Crippen molar-refractivity contribution in [3.05, 3.63) is 0 Å². The standard InChI is InChI=1S/C22H38N2O16/c1-6(28)23-11-15(32)18(39-22-17(34)16(33)13(30)8(3-25)37-22)10(5-27)38-21(11)40-19-12(24-7(2)29)20(35)36-9(4-26)14(19)31/h8-22,25-27,30-35H,3-5H2,1-2H3,(H,23,28)(H,24,29)/t8-,9-,10-,11-,12-,13+,14+,15-,16+,17-,18-,19-,20?,21?,22?/m1/s1. The van der Waals surface area contributed by atoms with Gasteiger partial charge in [-0.25, -0.2) is 0 Å². The van der Waals surface area contributed by atoms with Gasteiger partial charge >= 0.3 is 0 Å². The number of carbonyl (C=O) groups excluding carboxylic acids is 2. The van der Waals surface area contributed by atoms with Crippen molar-refractivity contribution in [3.63, 3.8) is 0 Å². The zero-order chi connectivity index (χ0) is 29.9. The molecule has 18 heteroatoms. The Bertz CT molecular complexity index is 852. The highest BCUT2D eigenvalue weighted by molar-refractivity contribution is 5.73. The van der Waals surface area contributed by atoms with E-state index in [-0.39, 0.29) is 0 Å². The van der Waals surface area contributed by atoms with Crippen molar-refractivity contribution in [1.29, 1.82) is 0 Å². The molecule has 15 atom stereocenters. The van der Waals surface area contributed by atoms with E-state index in [0.717, 1.165) is 13.8 Å². The molecular formula is C22H38N2O16. The van der Waals surface area contributed by atoms with Crippen LogP contribution in [0.5, 0.6) is 0 Å². The van der Waals surface area contributed by atoms with Gasteiger partial charge in [-0.15, -0.1) is 0 Å². The SMILES string of the molecule is CC(=O)N[C@H]1C(O[C@H]2[C@@H](O)[C@@H](CO)OC(O)[C@@H]2NC(C)=O)O[C@H](CO)[C@@H](OC2O[C@H](CO)[C@H](O)[C@H](O)[C@H]2O)[C@@H]1O. The molecule has 3 rings (SSSR count). The summed E-state index contributed by atoms with van der Waals surface area (Å²) in [6.07, 6.45) is -21.2. The van der Waals surface area contributed by atoms with E-state index in [1.165, 1.54) is 0 Å². The molecular weight excluding hydrogens is 548 g/mol. The number of hydrogen-bond acceptors (Lipinski definition) is 16. The molecule has 3 aliphatic heterocycles. The maximum Gasteiger partial charge on any atom is 0.217 e. The lowest BCUT2D eigenvalue weighted by atomic mass is 9.94. The Morgan fingerprint density at radius 3 is 1.65 bits per heavy atom. The van der Waals surface area contributed by atoms with Crippen LogP contribution in [0.25, 0.3) is 0 Å². The average Bonchev–Trinajstić information content (AvgIpc) is 2.90. The molecule has 3 aliphatic rings. The maximum atomic E-state index is 12.0. The van der Waals surface area contributed by atoms with Crippen LogP contribution >= 0.6 is 0 Å². The minimum absolute atomic E-state index is 0.639. The Balaban J connectivity index is 1.87. The third-order valence-corrected chi connectivity index (χ3v) is 6.90. The second-order valence-electron chi connectivity index (χ2n) is 9.81. The van der Waals surface area contributed by atoms with E-state index >= 15 is 0 Å². The molecule has 11 N–H and O–H groups in total. The van der Waals surface area contributed by atoms with Crippen molar-refractivity contribution < 1.29 is 79.2 Å².